The lowest BCUT2D eigenvalue weighted by atomic mass is 10.1. The van der Waals surface area contributed by atoms with Crippen molar-refractivity contribution in [3.05, 3.63) is 48.6 Å². The van der Waals surface area contributed by atoms with Gasteiger partial charge in [0.05, 0.1) is 0 Å². The van der Waals surface area contributed by atoms with E-state index in [2.05, 4.69) is 69.4 Å². The summed E-state index contributed by atoms with van der Waals surface area (Å²) in [5.74, 6) is -0.874. The molecule has 0 aliphatic carbocycles. The number of carbonyl (C=O) groups excluding carboxylic acids is 3. The molecule has 0 aliphatic heterocycles. The van der Waals surface area contributed by atoms with Crippen LogP contribution < -0.4 is 0 Å². The van der Waals surface area contributed by atoms with Crippen LogP contribution in [0.1, 0.15) is 303 Å². The first-order chi connectivity index (χ1) is 33.0. The molecule has 0 N–H and O–H groups in total. The van der Waals surface area contributed by atoms with E-state index in [0.29, 0.717) is 19.3 Å². The highest BCUT2D eigenvalue weighted by atomic mass is 16.6. The largest absolute Gasteiger partial charge is 0.462 e. The molecule has 390 valence electrons. The molecular weight excluding hydrogens is 829 g/mol. The molecule has 0 radical (unpaired) electrons. The minimum Gasteiger partial charge on any atom is -0.462 e. The topological polar surface area (TPSA) is 78.9 Å². The number of carbonyl (C=O) groups is 3. The molecule has 0 aliphatic rings. The van der Waals surface area contributed by atoms with Crippen molar-refractivity contribution in [1.82, 2.24) is 0 Å². The molecule has 0 amide bonds. The zero-order valence-electron chi connectivity index (χ0n) is 44.7. The van der Waals surface area contributed by atoms with E-state index in [4.69, 9.17) is 14.2 Å². The van der Waals surface area contributed by atoms with E-state index in [1.54, 1.807) is 0 Å². The van der Waals surface area contributed by atoms with Crippen molar-refractivity contribution in [3.63, 3.8) is 0 Å². The minimum absolute atomic E-state index is 0.0749. The fourth-order valence-corrected chi connectivity index (χ4v) is 8.39. The molecule has 0 saturated carbocycles. The van der Waals surface area contributed by atoms with E-state index in [1.165, 1.54) is 186 Å². The Morgan fingerprint density at radius 1 is 0.299 bits per heavy atom. The summed E-state index contributed by atoms with van der Waals surface area (Å²) in [6.45, 7) is 6.62. The Balaban J connectivity index is 4.31. The molecule has 0 rings (SSSR count). The lowest BCUT2D eigenvalue weighted by Crippen LogP contribution is -2.30. The van der Waals surface area contributed by atoms with E-state index in [0.717, 1.165) is 77.0 Å². The number of allylic oxidation sites excluding steroid dienone is 8. The Labute approximate surface area is 416 Å². The molecule has 6 heteroatoms. The number of unbranched alkanes of at least 4 members (excludes halogenated alkanes) is 34. The molecule has 0 saturated heterocycles. The van der Waals surface area contributed by atoms with E-state index in [9.17, 15) is 14.4 Å². The van der Waals surface area contributed by atoms with E-state index in [1.807, 2.05) is 0 Å². The van der Waals surface area contributed by atoms with Gasteiger partial charge in [-0.25, -0.2) is 0 Å². The Hall–Kier alpha value is -2.63. The molecule has 0 aromatic carbocycles. The lowest BCUT2D eigenvalue weighted by molar-refractivity contribution is -0.167. The number of esters is 3. The number of rotatable bonds is 53. The second-order valence-corrected chi connectivity index (χ2v) is 19.6. The van der Waals surface area contributed by atoms with Gasteiger partial charge in [0.1, 0.15) is 13.2 Å². The molecule has 0 bridgehead atoms. The standard InChI is InChI=1S/C61H110O6/c1-4-7-10-13-16-19-22-24-26-28-29-30-31-33-34-36-39-42-45-48-51-54-60(63)66-57-58(56-65-59(62)53-50-47-44-41-38-21-18-15-12-9-6-3)67-61(64)55-52-49-46-43-40-37-35-32-27-25-23-20-17-14-11-8-5-2/h17,20,22,24-25,27-29,58H,4-16,18-19,21,23,26,30-57H2,1-3H3/b20-17-,24-22-,27-25-,29-28-. The summed E-state index contributed by atoms with van der Waals surface area (Å²) in [4.78, 5) is 38.1. The van der Waals surface area contributed by atoms with Crippen molar-refractivity contribution < 1.29 is 28.6 Å². The molecule has 1 atom stereocenters. The van der Waals surface area contributed by atoms with Crippen LogP contribution in [0.15, 0.2) is 48.6 Å². The minimum atomic E-state index is -0.776. The van der Waals surface area contributed by atoms with Gasteiger partial charge in [-0.1, -0.05) is 249 Å². The van der Waals surface area contributed by atoms with Crippen LogP contribution >= 0.6 is 0 Å². The Bertz CT molecular complexity index is 1170. The monoisotopic (exact) mass is 939 g/mol. The zero-order chi connectivity index (χ0) is 48.6. The summed E-state index contributed by atoms with van der Waals surface area (Å²) in [5, 5.41) is 0. The third kappa shape index (κ3) is 54.2. The quantitative estimate of drug-likeness (QED) is 0.0262. The van der Waals surface area contributed by atoms with Crippen LogP contribution in [0.25, 0.3) is 0 Å². The van der Waals surface area contributed by atoms with Crippen molar-refractivity contribution in [2.75, 3.05) is 13.2 Å². The molecule has 0 aromatic rings. The summed E-state index contributed by atoms with van der Waals surface area (Å²) in [7, 11) is 0. The van der Waals surface area contributed by atoms with Crippen LogP contribution in [0.5, 0.6) is 0 Å². The fraction of sp³-hybridized carbons (Fsp3) is 0.820. The highest BCUT2D eigenvalue weighted by Gasteiger charge is 2.19. The van der Waals surface area contributed by atoms with Crippen molar-refractivity contribution >= 4 is 17.9 Å². The van der Waals surface area contributed by atoms with Gasteiger partial charge in [-0.3, -0.25) is 14.4 Å². The molecule has 0 heterocycles. The van der Waals surface area contributed by atoms with Crippen LogP contribution in [0.2, 0.25) is 0 Å². The van der Waals surface area contributed by atoms with Crippen molar-refractivity contribution in [2.45, 2.75) is 309 Å². The van der Waals surface area contributed by atoms with Gasteiger partial charge in [0, 0.05) is 19.3 Å². The van der Waals surface area contributed by atoms with E-state index in [-0.39, 0.29) is 31.1 Å². The van der Waals surface area contributed by atoms with Gasteiger partial charge in [0.2, 0.25) is 0 Å². The first-order valence-corrected chi connectivity index (χ1v) is 29.1. The van der Waals surface area contributed by atoms with Crippen LogP contribution in [0.4, 0.5) is 0 Å². The lowest BCUT2D eigenvalue weighted by Gasteiger charge is -2.18. The maximum atomic E-state index is 12.8. The SMILES string of the molecule is CCCCC/C=C\C/C=C\CCCCCCCCCC(=O)OC(COC(=O)CCCCCCCCCCC/C=C\C/C=C\CCCCCCC)COC(=O)CCCCCCCCCCCCC. The Morgan fingerprint density at radius 3 is 0.851 bits per heavy atom. The second kappa shape index (κ2) is 56.0. The molecule has 0 fully saturated rings. The Morgan fingerprint density at radius 2 is 0.537 bits per heavy atom. The maximum Gasteiger partial charge on any atom is 0.306 e. The highest BCUT2D eigenvalue weighted by molar-refractivity contribution is 5.71. The summed E-state index contributed by atoms with van der Waals surface area (Å²) in [5.41, 5.74) is 0. The van der Waals surface area contributed by atoms with Crippen LogP contribution in [-0.2, 0) is 28.6 Å². The van der Waals surface area contributed by atoms with Crippen LogP contribution in [0, 0.1) is 0 Å². The molecule has 0 aromatic heterocycles. The first-order valence-electron chi connectivity index (χ1n) is 29.1. The smallest absolute Gasteiger partial charge is 0.306 e. The van der Waals surface area contributed by atoms with Gasteiger partial charge in [-0.15, -0.1) is 0 Å². The summed E-state index contributed by atoms with van der Waals surface area (Å²) >= 11 is 0. The van der Waals surface area contributed by atoms with Crippen LogP contribution in [-0.4, -0.2) is 37.2 Å². The zero-order valence-corrected chi connectivity index (χ0v) is 44.7. The summed E-state index contributed by atoms with van der Waals surface area (Å²) < 4.78 is 16.9. The average Bonchev–Trinajstić information content (AvgIpc) is 3.33. The average molecular weight is 940 g/mol. The van der Waals surface area contributed by atoms with Crippen molar-refractivity contribution in [2.24, 2.45) is 0 Å². The van der Waals surface area contributed by atoms with Gasteiger partial charge >= 0.3 is 17.9 Å². The molecular formula is C61H110O6. The predicted octanol–water partition coefficient (Wildman–Crippen LogP) is 19.4. The molecule has 0 spiro atoms. The van der Waals surface area contributed by atoms with Gasteiger partial charge < -0.3 is 14.2 Å². The van der Waals surface area contributed by atoms with Crippen molar-refractivity contribution in [3.8, 4) is 0 Å². The summed E-state index contributed by atoms with van der Waals surface area (Å²) in [6, 6.07) is 0. The third-order valence-corrected chi connectivity index (χ3v) is 12.8. The summed E-state index contributed by atoms with van der Waals surface area (Å²) in [6.07, 6.45) is 68.1. The normalized spacial score (nSPS) is 12.3. The van der Waals surface area contributed by atoms with Gasteiger partial charge in [-0.05, 0) is 83.5 Å². The highest BCUT2D eigenvalue weighted by Crippen LogP contribution is 2.16. The second-order valence-electron chi connectivity index (χ2n) is 19.6. The van der Waals surface area contributed by atoms with Gasteiger partial charge in [0.25, 0.3) is 0 Å². The third-order valence-electron chi connectivity index (χ3n) is 12.8. The van der Waals surface area contributed by atoms with Gasteiger partial charge in [-0.2, -0.15) is 0 Å². The first kappa shape index (κ1) is 64.4. The predicted molar refractivity (Wildman–Crippen MR) is 289 cm³/mol. The van der Waals surface area contributed by atoms with Gasteiger partial charge in [0.15, 0.2) is 6.10 Å². The Kier molecular flexibility index (Phi) is 53.8. The number of hydrogen-bond acceptors (Lipinski definition) is 6. The number of hydrogen-bond donors (Lipinski definition) is 0. The molecule has 67 heavy (non-hydrogen) atoms. The van der Waals surface area contributed by atoms with Crippen molar-refractivity contribution in [1.29, 1.82) is 0 Å². The molecule has 6 nitrogen and oxygen atoms in total. The van der Waals surface area contributed by atoms with Crippen LogP contribution in [0.3, 0.4) is 0 Å². The fourth-order valence-electron chi connectivity index (χ4n) is 8.39. The van der Waals surface area contributed by atoms with E-state index < -0.39 is 6.10 Å². The number of ether oxygens (including phenoxy) is 3. The molecule has 1 unspecified atom stereocenters. The van der Waals surface area contributed by atoms with E-state index >= 15 is 0 Å². The maximum absolute atomic E-state index is 12.8.